The van der Waals surface area contributed by atoms with E-state index in [-0.39, 0.29) is 6.10 Å². The predicted octanol–water partition coefficient (Wildman–Crippen LogP) is 2.63. The number of nitrogens with two attached hydrogens (primary N) is 1. The molecule has 1 unspecified atom stereocenters. The zero-order valence-electron chi connectivity index (χ0n) is 10.1. The van der Waals surface area contributed by atoms with E-state index in [1.807, 2.05) is 35.0 Å². The van der Waals surface area contributed by atoms with E-state index >= 15 is 0 Å². The van der Waals surface area contributed by atoms with Crippen LogP contribution in [0.4, 0.5) is 5.95 Å². The summed E-state index contributed by atoms with van der Waals surface area (Å²) in [4.78, 5) is 4.00. The summed E-state index contributed by atoms with van der Waals surface area (Å²) >= 11 is 0. The standard InChI is InChI=1S/C13H17N3O/c1-3-10(2)17-12-6-4-5-11(9-12)16-8-7-15-13(16)14/h4-10H,3H2,1-2H3,(H2,14,15). The van der Waals surface area contributed by atoms with Gasteiger partial charge in [-0.1, -0.05) is 13.0 Å². The number of anilines is 1. The van der Waals surface area contributed by atoms with Crippen molar-refractivity contribution in [3.8, 4) is 11.4 Å². The number of aromatic nitrogens is 2. The monoisotopic (exact) mass is 231 g/mol. The van der Waals surface area contributed by atoms with Crippen molar-refractivity contribution in [1.82, 2.24) is 9.55 Å². The number of benzene rings is 1. The van der Waals surface area contributed by atoms with Crippen LogP contribution < -0.4 is 10.5 Å². The first-order valence-corrected chi connectivity index (χ1v) is 5.76. The van der Waals surface area contributed by atoms with Crippen molar-refractivity contribution in [2.75, 3.05) is 5.73 Å². The molecule has 2 aromatic rings. The normalized spacial score (nSPS) is 12.4. The Morgan fingerprint density at radius 2 is 2.29 bits per heavy atom. The van der Waals surface area contributed by atoms with Gasteiger partial charge in [-0.05, 0) is 25.5 Å². The van der Waals surface area contributed by atoms with E-state index in [9.17, 15) is 0 Å². The van der Waals surface area contributed by atoms with Crippen LogP contribution in [0.15, 0.2) is 36.7 Å². The molecule has 1 atom stereocenters. The molecule has 2 rings (SSSR count). The van der Waals surface area contributed by atoms with Gasteiger partial charge >= 0.3 is 0 Å². The number of rotatable bonds is 4. The second kappa shape index (κ2) is 4.91. The van der Waals surface area contributed by atoms with Gasteiger partial charge in [0.1, 0.15) is 5.75 Å². The lowest BCUT2D eigenvalue weighted by atomic mass is 10.2. The molecule has 1 heterocycles. The van der Waals surface area contributed by atoms with Crippen molar-refractivity contribution in [2.24, 2.45) is 0 Å². The SMILES string of the molecule is CCC(C)Oc1cccc(-n2ccnc2N)c1. The summed E-state index contributed by atoms with van der Waals surface area (Å²) in [5, 5.41) is 0. The van der Waals surface area contributed by atoms with Crippen LogP contribution in [0, 0.1) is 0 Å². The zero-order valence-corrected chi connectivity index (χ0v) is 10.1. The number of imidazole rings is 1. The van der Waals surface area contributed by atoms with E-state index in [4.69, 9.17) is 10.5 Å². The fourth-order valence-corrected chi connectivity index (χ4v) is 1.56. The Bertz CT molecular complexity index is 493. The predicted molar refractivity (Wildman–Crippen MR) is 68.4 cm³/mol. The third kappa shape index (κ3) is 2.58. The van der Waals surface area contributed by atoms with Crippen molar-refractivity contribution >= 4 is 5.95 Å². The zero-order chi connectivity index (χ0) is 12.3. The number of nitrogens with zero attached hydrogens (tertiary/aromatic N) is 2. The van der Waals surface area contributed by atoms with E-state index in [1.165, 1.54) is 0 Å². The van der Waals surface area contributed by atoms with Crippen LogP contribution in [0.1, 0.15) is 20.3 Å². The van der Waals surface area contributed by atoms with Gasteiger partial charge < -0.3 is 10.5 Å². The lowest BCUT2D eigenvalue weighted by Crippen LogP contribution is -2.10. The number of nitrogen functional groups attached to an aromatic ring is 1. The van der Waals surface area contributed by atoms with Gasteiger partial charge in [-0.2, -0.15) is 0 Å². The summed E-state index contributed by atoms with van der Waals surface area (Å²) in [6.45, 7) is 4.15. The Morgan fingerprint density at radius 1 is 1.47 bits per heavy atom. The first-order valence-electron chi connectivity index (χ1n) is 5.76. The Hall–Kier alpha value is -1.97. The highest BCUT2D eigenvalue weighted by molar-refractivity contribution is 5.43. The molecule has 0 saturated heterocycles. The van der Waals surface area contributed by atoms with Gasteiger partial charge in [0.05, 0.1) is 11.8 Å². The molecule has 0 spiro atoms. The van der Waals surface area contributed by atoms with Crippen LogP contribution in [0.2, 0.25) is 0 Å². The quantitative estimate of drug-likeness (QED) is 0.880. The Kier molecular flexibility index (Phi) is 3.32. The van der Waals surface area contributed by atoms with Crippen LogP contribution in [-0.2, 0) is 0 Å². The Labute approximate surface area is 101 Å². The third-order valence-corrected chi connectivity index (χ3v) is 2.68. The largest absolute Gasteiger partial charge is 0.491 e. The van der Waals surface area contributed by atoms with Crippen molar-refractivity contribution < 1.29 is 4.74 Å². The summed E-state index contributed by atoms with van der Waals surface area (Å²) in [5.74, 6) is 1.33. The molecule has 0 aliphatic heterocycles. The summed E-state index contributed by atoms with van der Waals surface area (Å²) in [5.41, 5.74) is 6.72. The molecular weight excluding hydrogens is 214 g/mol. The molecule has 0 aliphatic rings. The molecule has 0 amide bonds. The molecule has 4 nitrogen and oxygen atoms in total. The molecule has 1 aromatic heterocycles. The number of ether oxygens (including phenoxy) is 1. The molecule has 2 N–H and O–H groups in total. The van der Waals surface area contributed by atoms with Gasteiger partial charge in [-0.15, -0.1) is 0 Å². The van der Waals surface area contributed by atoms with Gasteiger partial charge in [0.2, 0.25) is 5.95 Å². The maximum absolute atomic E-state index is 5.77. The second-order valence-corrected chi connectivity index (χ2v) is 3.99. The van der Waals surface area contributed by atoms with Gasteiger partial charge in [-0.25, -0.2) is 4.98 Å². The third-order valence-electron chi connectivity index (χ3n) is 2.68. The van der Waals surface area contributed by atoms with E-state index in [0.29, 0.717) is 5.95 Å². The molecule has 0 fully saturated rings. The number of hydrogen-bond acceptors (Lipinski definition) is 3. The highest BCUT2D eigenvalue weighted by Crippen LogP contribution is 2.20. The van der Waals surface area contributed by atoms with Crippen molar-refractivity contribution in [3.05, 3.63) is 36.7 Å². The molecule has 0 radical (unpaired) electrons. The van der Waals surface area contributed by atoms with Crippen molar-refractivity contribution in [1.29, 1.82) is 0 Å². The van der Waals surface area contributed by atoms with Gasteiger partial charge in [0.25, 0.3) is 0 Å². The van der Waals surface area contributed by atoms with E-state index in [1.54, 1.807) is 6.20 Å². The van der Waals surface area contributed by atoms with Gasteiger partial charge in [0, 0.05) is 18.5 Å². The second-order valence-electron chi connectivity index (χ2n) is 3.99. The molecule has 0 bridgehead atoms. The van der Waals surface area contributed by atoms with E-state index in [2.05, 4.69) is 18.8 Å². The topological polar surface area (TPSA) is 53.1 Å². The molecule has 90 valence electrons. The number of hydrogen-bond donors (Lipinski definition) is 1. The van der Waals surface area contributed by atoms with Crippen LogP contribution in [0.5, 0.6) is 5.75 Å². The smallest absolute Gasteiger partial charge is 0.204 e. The van der Waals surface area contributed by atoms with Gasteiger partial charge in [-0.3, -0.25) is 4.57 Å². The average Bonchev–Trinajstić information content (AvgIpc) is 2.75. The average molecular weight is 231 g/mol. The highest BCUT2D eigenvalue weighted by Gasteiger charge is 2.04. The fraction of sp³-hybridized carbons (Fsp3) is 0.308. The molecule has 0 saturated carbocycles. The van der Waals surface area contributed by atoms with Crippen molar-refractivity contribution in [2.45, 2.75) is 26.4 Å². The van der Waals surface area contributed by atoms with Crippen LogP contribution in [0.25, 0.3) is 5.69 Å². The van der Waals surface area contributed by atoms with Crippen LogP contribution in [0.3, 0.4) is 0 Å². The first-order chi connectivity index (χ1) is 8.20. The summed E-state index contributed by atoms with van der Waals surface area (Å²) < 4.78 is 7.59. The molecule has 0 aliphatic carbocycles. The molecule has 4 heteroatoms. The van der Waals surface area contributed by atoms with Gasteiger partial charge in [0.15, 0.2) is 0 Å². The van der Waals surface area contributed by atoms with Crippen LogP contribution in [-0.4, -0.2) is 15.7 Å². The maximum Gasteiger partial charge on any atom is 0.204 e. The minimum atomic E-state index is 0.213. The fourth-order valence-electron chi connectivity index (χ4n) is 1.56. The van der Waals surface area contributed by atoms with Crippen molar-refractivity contribution in [3.63, 3.8) is 0 Å². The molecule has 17 heavy (non-hydrogen) atoms. The Morgan fingerprint density at radius 3 is 2.94 bits per heavy atom. The lowest BCUT2D eigenvalue weighted by molar-refractivity contribution is 0.217. The van der Waals surface area contributed by atoms with Crippen LogP contribution >= 0.6 is 0 Å². The maximum atomic E-state index is 5.77. The molecule has 1 aromatic carbocycles. The lowest BCUT2D eigenvalue weighted by Gasteiger charge is -2.13. The Balaban J connectivity index is 2.26. The minimum Gasteiger partial charge on any atom is -0.491 e. The first kappa shape index (κ1) is 11.5. The summed E-state index contributed by atoms with van der Waals surface area (Å²) in [6, 6.07) is 7.83. The summed E-state index contributed by atoms with van der Waals surface area (Å²) in [6.07, 6.45) is 4.71. The minimum absolute atomic E-state index is 0.213. The summed E-state index contributed by atoms with van der Waals surface area (Å²) in [7, 11) is 0. The highest BCUT2D eigenvalue weighted by atomic mass is 16.5. The van der Waals surface area contributed by atoms with E-state index < -0.39 is 0 Å². The molecular formula is C13H17N3O. The van der Waals surface area contributed by atoms with E-state index in [0.717, 1.165) is 17.9 Å².